The Morgan fingerprint density at radius 3 is 2.27 bits per heavy atom. The normalized spacial score (nSPS) is 10.7. The summed E-state index contributed by atoms with van der Waals surface area (Å²) < 4.78 is 15.6. The van der Waals surface area contributed by atoms with Crippen LogP contribution in [0.1, 0.15) is 49.4 Å². The van der Waals surface area contributed by atoms with Gasteiger partial charge in [-0.2, -0.15) is 0 Å². The number of carbonyl (C=O) groups is 3. The molecule has 0 spiro atoms. The Labute approximate surface area is 173 Å². The highest BCUT2D eigenvalue weighted by atomic mass is 16.5. The molecule has 0 saturated carbocycles. The number of hydrogen-bond donors (Lipinski definition) is 1. The van der Waals surface area contributed by atoms with E-state index in [9.17, 15) is 14.4 Å². The smallest absolute Gasteiger partial charge is 0.342 e. The lowest BCUT2D eigenvalue weighted by Gasteiger charge is -2.10. The summed E-state index contributed by atoms with van der Waals surface area (Å²) in [5.41, 5.74) is 1.76. The maximum absolute atomic E-state index is 12.6. The van der Waals surface area contributed by atoms with Crippen molar-refractivity contribution in [1.82, 2.24) is 4.98 Å². The highest BCUT2D eigenvalue weighted by molar-refractivity contribution is 6.04. The van der Waals surface area contributed by atoms with Crippen LogP contribution < -0.4 is 4.74 Å². The second kappa shape index (κ2) is 8.82. The van der Waals surface area contributed by atoms with E-state index >= 15 is 0 Å². The predicted molar refractivity (Wildman–Crippen MR) is 111 cm³/mol. The van der Waals surface area contributed by atoms with Crippen molar-refractivity contribution < 1.29 is 28.6 Å². The molecule has 0 bridgehead atoms. The molecule has 2 aromatic carbocycles. The fourth-order valence-corrected chi connectivity index (χ4v) is 3.37. The van der Waals surface area contributed by atoms with E-state index in [2.05, 4.69) is 4.98 Å². The van der Waals surface area contributed by atoms with Crippen LogP contribution in [0.15, 0.2) is 36.4 Å². The van der Waals surface area contributed by atoms with E-state index in [0.717, 1.165) is 10.8 Å². The van der Waals surface area contributed by atoms with Crippen LogP contribution in [-0.4, -0.2) is 43.0 Å². The van der Waals surface area contributed by atoms with Gasteiger partial charge in [0.2, 0.25) is 5.78 Å². The first kappa shape index (κ1) is 21.1. The zero-order valence-electron chi connectivity index (χ0n) is 17.3. The number of nitrogens with one attached hydrogen (secondary N) is 1. The van der Waals surface area contributed by atoms with Crippen molar-refractivity contribution in [2.75, 3.05) is 20.3 Å². The maximum Gasteiger partial charge on any atom is 0.342 e. The Hall–Kier alpha value is -3.61. The average molecular weight is 409 g/mol. The molecule has 30 heavy (non-hydrogen) atoms. The molecule has 0 unspecified atom stereocenters. The van der Waals surface area contributed by atoms with Gasteiger partial charge < -0.3 is 19.2 Å². The quantitative estimate of drug-likeness (QED) is 0.468. The van der Waals surface area contributed by atoms with Gasteiger partial charge in [0.05, 0.1) is 25.0 Å². The Bertz CT molecular complexity index is 1130. The number of aryl methyl sites for hydroxylation is 1. The highest BCUT2D eigenvalue weighted by Crippen LogP contribution is 2.27. The molecule has 0 radical (unpaired) electrons. The molecule has 0 aliphatic carbocycles. The number of fused-ring (bicyclic) bond motifs is 1. The molecule has 3 aromatic rings. The van der Waals surface area contributed by atoms with E-state index in [0.29, 0.717) is 22.6 Å². The highest BCUT2D eigenvalue weighted by Gasteiger charge is 2.24. The van der Waals surface area contributed by atoms with Gasteiger partial charge in [-0.3, -0.25) is 4.79 Å². The third-order valence-corrected chi connectivity index (χ3v) is 4.82. The summed E-state index contributed by atoms with van der Waals surface area (Å²) in [6.45, 7) is 4.80. The number of ketones is 1. The van der Waals surface area contributed by atoms with Gasteiger partial charge in [-0.25, -0.2) is 9.59 Å². The zero-order valence-corrected chi connectivity index (χ0v) is 17.3. The van der Waals surface area contributed by atoms with E-state index in [1.54, 1.807) is 32.9 Å². The standard InChI is InChI=1S/C23H23NO6/c1-5-29-23(27)20-13(2)21(24-14(20)3)18(25)12-30-22(26)17-10-15-8-6-7-9-16(15)11-19(17)28-4/h6-11,24H,5,12H2,1-4H3. The molecular formula is C23H23NO6. The first-order valence-corrected chi connectivity index (χ1v) is 9.50. The SMILES string of the molecule is CCOC(=O)c1c(C)[nH]c(C(=O)COC(=O)c2cc3ccccc3cc2OC)c1C. The molecule has 7 nitrogen and oxygen atoms in total. The van der Waals surface area contributed by atoms with E-state index in [4.69, 9.17) is 14.2 Å². The van der Waals surface area contributed by atoms with Crippen molar-refractivity contribution in [3.05, 3.63) is 64.5 Å². The van der Waals surface area contributed by atoms with Gasteiger partial charge in [-0.15, -0.1) is 0 Å². The van der Waals surface area contributed by atoms with Crippen LogP contribution in [-0.2, 0) is 9.47 Å². The fourth-order valence-electron chi connectivity index (χ4n) is 3.37. The maximum atomic E-state index is 12.6. The van der Waals surface area contributed by atoms with Crippen LogP contribution in [0.25, 0.3) is 10.8 Å². The van der Waals surface area contributed by atoms with Crippen LogP contribution >= 0.6 is 0 Å². The molecule has 0 fully saturated rings. The monoisotopic (exact) mass is 409 g/mol. The van der Waals surface area contributed by atoms with E-state index < -0.39 is 24.3 Å². The summed E-state index contributed by atoms with van der Waals surface area (Å²) >= 11 is 0. The van der Waals surface area contributed by atoms with Crippen molar-refractivity contribution in [3.8, 4) is 5.75 Å². The lowest BCUT2D eigenvalue weighted by atomic mass is 10.1. The van der Waals surface area contributed by atoms with Crippen LogP contribution in [0, 0.1) is 13.8 Å². The van der Waals surface area contributed by atoms with Crippen molar-refractivity contribution in [2.24, 2.45) is 0 Å². The van der Waals surface area contributed by atoms with E-state index in [1.165, 1.54) is 7.11 Å². The van der Waals surface area contributed by atoms with Gasteiger partial charge in [0.25, 0.3) is 0 Å². The molecule has 156 valence electrons. The molecule has 1 N–H and O–H groups in total. The Kier molecular flexibility index (Phi) is 6.20. The second-order valence-corrected chi connectivity index (χ2v) is 6.74. The molecule has 0 aliphatic rings. The number of methoxy groups -OCH3 is 1. The third-order valence-electron chi connectivity index (χ3n) is 4.82. The molecule has 0 saturated heterocycles. The number of hydrogen-bond acceptors (Lipinski definition) is 6. The van der Waals surface area contributed by atoms with Crippen molar-refractivity contribution in [2.45, 2.75) is 20.8 Å². The van der Waals surface area contributed by atoms with Crippen molar-refractivity contribution in [1.29, 1.82) is 0 Å². The minimum atomic E-state index is -0.669. The summed E-state index contributed by atoms with van der Waals surface area (Å²) in [4.78, 5) is 40.2. The topological polar surface area (TPSA) is 94.7 Å². The van der Waals surface area contributed by atoms with Crippen LogP contribution in [0.5, 0.6) is 5.75 Å². The number of esters is 2. The Morgan fingerprint density at radius 1 is 0.967 bits per heavy atom. The number of H-pyrrole nitrogens is 1. The van der Waals surface area contributed by atoms with E-state index in [-0.39, 0.29) is 17.9 Å². The minimum absolute atomic E-state index is 0.217. The van der Waals surface area contributed by atoms with Crippen LogP contribution in [0.4, 0.5) is 0 Å². The van der Waals surface area contributed by atoms with Gasteiger partial charge in [0.15, 0.2) is 6.61 Å². The number of carbonyl (C=O) groups excluding carboxylic acids is 3. The van der Waals surface area contributed by atoms with Crippen molar-refractivity contribution in [3.63, 3.8) is 0 Å². The predicted octanol–water partition coefficient (Wildman–Crippen LogP) is 4.01. The molecule has 0 atom stereocenters. The average Bonchev–Trinajstić information content (AvgIpc) is 3.04. The van der Waals surface area contributed by atoms with Crippen molar-refractivity contribution >= 4 is 28.5 Å². The first-order chi connectivity index (χ1) is 14.4. The molecule has 3 rings (SSSR count). The Balaban J connectivity index is 1.78. The number of aromatic amines is 1. The molecule has 1 aromatic heterocycles. The summed E-state index contributed by atoms with van der Waals surface area (Å²) in [5.74, 6) is -1.25. The minimum Gasteiger partial charge on any atom is -0.496 e. The molecule has 7 heteroatoms. The first-order valence-electron chi connectivity index (χ1n) is 9.50. The number of benzene rings is 2. The van der Waals surface area contributed by atoms with Gasteiger partial charge in [-0.1, -0.05) is 24.3 Å². The lowest BCUT2D eigenvalue weighted by Crippen LogP contribution is -2.16. The number of aromatic nitrogens is 1. The summed E-state index contributed by atoms with van der Waals surface area (Å²) in [6, 6.07) is 11.0. The zero-order chi connectivity index (χ0) is 21.8. The summed E-state index contributed by atoms with van der Waals surface area (Å²) in [7, 11) is 1.47. The number of rotatable bonds is 7. The molecule has 0 aliphatic heterocycles. The number of ether oxygens (including phenoxy) is 3. The third kappa shape index (κ3) is 4.05. The second-order valence-electron chi connectivity index (χ2n) is 6.74. The summed E-state index contributed by atoms with van der Waals surface area (Å²) in [6.07, 6.45) is 0. The molecular weight excluding hydrogens is 386 g/mol. The lowest BCUT2D eigenvalue weighted by molar-refractivity contribution is 0.0469. The fraction of sp³-hybridized carbons (Fsp3) is 0.261. The van der Waals surface area contributed by atoms with Gasteiger partial charge in [-0.05, 0) is 49.2 Å². The Morgan fingerprint density at radius 2 is 1.63 bits per heavy atom. The van der Waals surface area contributed by atoms with Gasteiger partial charge >= 0.3 is 11.9 Å². The summed E-state index contributed by atoms with van der Waals surface area (Å²) in [5, 5.41) is 1.78. The van der Waals surface area contributed by atoms with Gasteiger partial charge in [0, 0.05) is 5.69 Å². The molecule has 1 heterocycles. The van der Waals surface area contributed by atoms with Crippen LogP contribution in [0.2, 0.25) is 0 Å². The van der Waals surface area contributed by atoms with Gasteiger partial charge in [0.1, 0.15) is 11.3 Å². The number of Topliss-reactive ketones (excluding diaryl/α,β-unsaturated/α-hetero) is 1. The van der Waals surface area contributed by atoms with Crippen LogP contribution in [0.3, 0.4) is 0 Å². The molecule has 0 amide bonds. The van der Waals surface area contributed by atoms with E-state index in [1.807, 2.05) is 24.3 Å². The largest absolute Gasteiger partial charge is 0.496 e.